The third-order valence-corrected chi connectivity index (χ3v) is 3.56. The summed E-state index contributed by atoms with van der Waals surface area (Å²) in [5.41, 5.74) is 5.27. The molecule has 18 heavy (non-hydrogen) atoms. The van der Waals surface area contributed by atoms with Crippen LogP contribution in [0.2, 0.25) is 0 Å². The van der Waals surface area contributed by atoms with Gasteiger partial charge in [0.2, 0.25) is 5.91 Å². The molecule has 1 atom stereocenters. The molecule has 1 aromatic rings. The molecule has 0 fully saturated rings. The molecule has 0 saturated heterocycles. The highest BCUT2D eigenvalue weighted by atomic mass is 32.2. The summed E-state index contributed by atoms with van der Waals surface area (Å²) >= 11 is 0. The number of sulfone groups is 1. The van der Waals surface area contributed by atoms with Crippen molar-refractivity contribution in [2.45, 2.75) is 24.8 Å². The Kier molecular flexibility index (Phi) is 4.28. The van der Waals surface area contributed by atoms with Crippen LogP contribution in [-0.4, -0.2) is 31.6 Å². The van der Waals surface area contributed by atoms with E-state index in [0.29, 0.717) is 0 Å². The minimum atomic E-state index is -3.41. The number of anilines is 1. The summed E-state index contributed by atoms with van der Waals surface area (Å²) in [5, 5.41) is 2.79. The van der Waals surface area contributed by atoms with E-state index in [-0.39, 0.29) is 16.6 Å². The van der Waals surface area contributed by atoms with E-state index < -0.39 is 21.8 Å². The summed E-state index contributed by atoms with van der Waals surface area (Å²) in [6.07, 6.45) is 2.54. The topological polar surface area (TPSA) is 102 Å². The molecule has 0 aliphatic rings. The maximum absolute atomic E-state index is 11.6. The predicted octanol–water partition coefficient (Wildman–Crippen LogP) is 0.407. The van der Waals surface area contributed by atoms with Gasteiger partial charge in [-0.1, -0.05) is 13.8 Å². The van der Waals surface area contributed by atoms with Crippen LogP contribution in [0.4, 0.5) is 5.82 Å². The molecule has 7 heteroatoms. The van der Waals surface area contributed by atoms with Crippen LogP contribution in [0.3, 0.4) is 0 Å². The molecule has 0 spiro atoms. The molecular weight excluding hydrogens is 254 g/mol. The molecule has 100 valence electrons. The minimum Gasteiger partial charge on any atom is -0.368 e. The van der Waals surface area contributed by atoms with Crippen molar-refractivity contribution >= 4 is 21.6 Å². The van der Waals surface area contributed by atoms with E-state index in [2.05, 4.69) is 10.3 Å². The van der Waals surface area contributed by atoms with Crippen molar-refractivity contribution in [1.29, 1.82) is 0 Å². The van der Waals surface area contributed by atoms with E-state index in [1.807, 2.05) is 13.8 Å². The van der Waals surface area contributed by atoms with Gasteiger partial charge in [-0.05, 0) is 18.1 Å². The lowest BCUT2D eigenvalue weighted by Crippen LogP contribution is -2.40. The van der Waals surface area contributed by atoms with Gasteiger partial charge < -0.3 is 11.1 Å². The van der Waals surface area contributed by atoms with Crippen molar-refractivity contribution in [2.75, 3.05) is 11.6 Å². The monoisotopic (exact) mass is 271 g/mol. The Bertz CT molecular complexity index is 540. The van der Waals surface area contributed by atoms with E-state index in [4.69, 9.17) is 5.73 Å². The number of hydrogen-bond donors (Lipinski definition) is 2. The quantitative estimate of drug-likeness (QED) is 0.807. The number of aromatic nitrogens is 1. The van der Waals surface area contributed by atoms with Gasteiger partial charge >= 0.3 is 0 Å². The number of nitrogens with one attached hydrogen (secondary N) is 1. The molecule has 1 heterocycles. The smallest absolute Gasteiger partial charge is 0.240 e. The van der Waals surface area contributed by atoms with Crippen LogP contribution in [0.1, 0.15) is 13.8 Å². The Morgan fingerprint density at radius 2 is 2.06 bits per heavy atom. The van der Waals surface area contributed by atoms with E-state index >= 15 is 0 Å². The highest BCUT2D eigenvalue weighted by Crippen LogP contribution is 2.20. The van der Waals surface area contributed by atoms with Crippen LogP contribution in [0.5, 0.6) is 0 Å². The van der Waals surface area contributed by atoms with Crippen LogP contribution in [0, 0.1) is 5.92 Å². The average molecular weight is 271 g/mol. The van der Waals surface area contributed by atoms with Gasteiger partial charge in [-0.25, -0.2) is 13.4 Å². The largest absolute Gasteiger partial charge is 0.368 e. The number of amides is 1. The Hall–Kier alpha value is -1.63. The van der Waals surface area contributed by atoms with Gasteiger partial charge in [0.15, 0.2) is 9.84 Å². The summed E-state index contributed by atoms with van der Waals surface area (Å²) in [4.78, 5) is 15.3. The fourth-order valence-electron chi connectivity index (χ4n) is 1.51. The van der Waals surface area contributed by atoms with Crippen molar-refractivity contribution in [2.24, 2.45) is 11.7 Å². The Morgan fingerprint density at radius 1 is 1.44 bits per heavy atom. The molecule has 1 aromatic heterocycles. The number of carbonyl (C=O) groups is 1. The van der Waals surface area contributed by atoms with E-state index in [1.165, 1.54) is 18.3 Å². The predicted molar refractivity (Wildman–Crippen MR) is 68.8 cm³/mol. The first-order chi connectivity index (χ1) is 8.23. The second-order valence-corrected chi connectivity index (χ2v) is 6.37. The lowest BCUT2D eigenvalue weighted by Gasteiger charge is -2.20. The molecule has 0 radical (unpaired) electrons. The number of hydrogen-bond acceptors (Lipinski definition) is 5. The molecule has 3 N–H and O–H groups in total. The van der Waals surface area contributed by atoms with Gasteiger partial charge in [0.1, 0.15) is 16.8 Å². The number of primary amides is 1. The lowest BCUT2D eigenvalue weighted by atomic mass is 10.0. The fraction of sp³-hybridized carbons (Fsp3) is 0.455. The molecule has 1 unspecified atom stereocenters. The average Bonchev–Trinajstić information content (AvgIpc) is 2.24. The zero-order chi connectivity index (χ0) is 13.9. The number of nitrogens with zero attached hydrogens (tertiary/aromatic N) is 1. The SMILES string of the molecule is CC(C)C(Nc1ncccc1S(C)(=O)=O)C(N)=O. The minimum absolute atomic E-state index is 0.0527. The molecule has 0 saturated carbocycles. The first kappa shape index (κ1) is 14.4. The Balaban J connectivity index is 3.15. The number of carbonyl (C=O) groups excluding carboxylic acids is 1. The normalized spacial score (nSPS) is 13.3. The van der Waals surface area contributed by atoms with Crippen LogP contribution in [0.15, 0.2) is 23.2 Å². The second-order valence-electron chi connectivity index (χ2n) is 4.39. The van der Waals surface area contributed by atoms with Gasteiger partial charge in [0, 0.05) is 12.5 Å². The van der Waals surface area contributed by atoms with Gasteiger partial charge in [-0.3, -0.25) is 4.79 Å². The molecule has 1 amide bonds. The van der Waals surface area contributed by atoms with E-state index in [9.17, 15) is 13.2 Å². The summed E-state index contributed by atoms with van der Waals surface area (Å²) < 4.78 is 23.2. The first-order valence-corrected chi connectivity index (χ1v) is 7.33. The number of rotatable bonds is 5. The third kappa shape index (κ3) is 3.43. The summed E-state index contributed by atoms with van der Waals surface area (Å²) in [6, 6.07) is 2.29. The van der Waals surface area contributed by atoms with Crippen LogP contribution >= 0.6 is 0 Å². The maximum Gasteiger partial charge on any atom is 0.240 e. The molecular formula is C11H17N3O3S. The van der Waals surface area contributed by atoms with Gasteiger partial charge in [-0.15, -0.1) is 0 Å². The van der Waals surface area contributed by atoms with Crippen molar-refractivity contribution in [3.8, 4) is 0 Å². The Labute approximate surface area is 107 Å². The van der Waals surface area contributed by atoms with Gasteiger partial charge in [-0.2, -0.15) is 0 Å². The Morgan fingerprint density at radius 3 is 2.50 bits per heavy atom. The van der Waals surface area contributed by atoms with Crippen LogP contribution in [-0.2, 0) is 14.6 Å². The standard InChI is InChI=1S/C11H17N3O3S/c1-7(2)9(10(12)15)14-11-8(18(3,16)17)5-4-6-13-11/h4-7,9H,1-3H3,(H2,12,15)(H,13,14). The summed E-state index contributed by atoms with van der Waals surface area (Å²) in [7, 11) is -3.41. The molecule has 1 rings (SSSR count). The van der Waals surface area contributed by atoms with Crippen molar-refractivity contribution in [3.05, 3.63) is 18.3 Å². The lowest BCUT2D eigenvalue weighted by molar-refractivity contribution is -0.119. The molecule has 0 bridgehead atoms. The van der Waals surface area contributed by atoms with Crippen molar-refractivity contribution in [3.63, 3.8) is 0 Å². The van der Waals surface area contributed by atoms with E-state index in [1.54, 1.807) is 0 Å². The molecule has 0 aliphatic heterocycles. The van der Waals surface area contributed by atoms with E-state index in [0.717, 1.165) is 6.26 Å². The number of nitrogens with two attached hydrogens (primary N) is 1. The zero-order valence-electron chi connectivity index (χ0n) is 10.5. The summed E-state index contributed by atoms with van der Waals surface area (Å²) in [6.45, 7) is 3.62. The fourth-order valence-corrected chi connectivity index (χ4v) is 2.30. The summed E-state index contributed by atoms with van der Waals surface area (Å²) in [5.74, 6) is -0.468. The third-order valence-electron chi connectivity index (χ3n) is 2.44. The molecule has 0 aromatic carbocycles. The second kappa shape index (κ2) is 5.34. The van der Waals surface area contributed by atoms with Gasteiger partial charge in [0.05, 0.1) is 0 Å². The van der Waals surface area contributed by atoms with Crippen LogP contribution in [0.25, 0.3) is 0 Å². The van der Waals surface area contributed by atoms with Crippen molar-refractivity contribution < 1.29 is 13.2 Å². The van der Waals surface area contributed by atoms with Crippen LogP contribution < -0.4 is 11.1 Å². The molecule has 0 aliphatic carbocycles. The highest BCUT2D eigenvalue weighted by molar-refractivity contribution is 7.90. The molecule has 6 nitrogen and oxygen atoms in total. The van der Waals surface area contributed by atoms with Crippen molar-refractivity contribution in [1.82, 2.24) is 4.98 Å². The zero-order valence-corrected chi connectivity index (χ0v) is 11.4. The first-order valence-electron chi connectivity index (χ1n) is 5.44. The maximum atomic E-state index is 11.6. The highest BCUT2D eigenvalue weighted by Gasteiger charge is 2.23. The van der Waals surface area contributed by atoms with Gasteiger partial charge in [0.25, 0.3) is 0 Å². The number of pyridine rings is 1.